The van der Waals surface area contributed by atoms with E-state index in [4.69, 9.17) is 11.6 Å². The van der Waals surface area contributed by atoms with Gasteiger partial charge in [0.2, 0.25) is 0 Å². The average molecular weight is 365 g/mol. The normalized spacial score (nSPS) is 10.8. The number of carbonyl (C=O) groups is 1. The maximum atomic E-state index is 12.9. The lowest BCUT2D eigenvalue weighted by atomic mass is 10.2. The van der Waals surface area contributed by atoms with Crippen LogP contribution < -0.4 is 5.32 Å². The molecule has 0 unspecified atom stereocenters. The lowest BCUT2D eigenvalue weighted by molar-refractivity contribution is -0.384. The van der Waals surface area contributed by atoms with Crippen molar-refractivity contribution in [1.82, 2.24) is 5.32 Å². The topological polar surface area (TPSA) is 72.2 Å². The number of fused-ring (bicyclic) bond motifs is 1. The first-order valence-corrected chi connectivity index (χ1v) is 8.04. The fourth-order valence-corrected chi connectivity index (χ4v) is 3.64. The summed E-state index contributed by atoms with van der Waals surface area (Å²) in [7, 11) is 0. The van der Waals surface area contributed by atoms with Gasteiger partial charge in [-0.25, -0.2) is 4.39 Å². The van der Waals surface area contributed by atoms with Crippen molar-refractivity contribution in [3.63, 3.8) is 0 Å². The van der Waals surface area contributed by atoms with Crippen LogP contribution >= 0.6 is 22.9 Å². The SMILES string of the molecule is O=C(NCc1ccc(F)cc1)c1sc2cc([N+](=O)[O-])ccc2c1Cl. The van der Waals surface area contributed by atoms with Gasteiger partial charge < -0.3 is 5.32 Å². The van der Waals surface area contributed by atoms with Crippen LogP contribution in [-0.4, -0.2) is 10.8 Å². The molecule has 8 heteroatoms. The Morgan fingerprint density at radius 1 is 1.25 bits per heavy atom. The maximum absolute atomic E-state index is 12.9. The Kier molecular flexibility index (Phi) is 4.46. The molecule has 3 aromatic rings. The van der Waals surface area contributed by atoms with E-state index in [1.807, 2.05) is 0 Å². The molecule has 1 heterocycles. The minimum atomic E-state index is -0.499. The molecule has 0 atom stereocenters. The van der Waals surface area contributed by atoms with Crippen LogP contribution in [0.15, 0.2) is 42.5 Å². The molecular formula is C16H10ClFN2O3S. The molecule has 1 N–H and O–H groups in total. The molecule has 0 saturated carbocycles. The number of nitrogens with one attached hydrogen (secondary N) is 1. The molecule has 1 amide bonds. The molecular weight excluding hydrogens is 355 g/mol. The highest BCUT2D eigenvalue weighted by molar-refractivity contribution is 7.21. The highest BCUT2D eigenvalue weighted by Gasteiger charge is 2.19. The van der Waals surface area contributed by atoms with Crippen LogP contribution in [0.25, 0.3) is 10.1 Å². The van der Waals surface area contributed by atoms with Crippen molar-refractivity contribution in [2.24, 2.45) is 0 Å². The molecule has 0 aliphatic carbocycles. The number of nitro benzene ring substituents is 1. The lowest BCUT2D eigenvalue weighted by Gasteiger charge is -2.04. The smallest absolute Gasteiger partial charge is 0.270 e. The molecule has 2 aromatic carbocycles. The number of hydrogen-bond acceptors (Lipinski definition) is 4. The number of rotatable bonds is 4. The van der Waals surface area contributed by atoms with Crippen molar-refractivity contribution in [3.05, 3.63) is 73.9 Å². The van der Waals surface area contributed by atoms with Gasteiger partial charge >= 0.3 is 0 Å². The van der Waals surface area contributed by atoms with Gasteiger partial charge in [-0.1, -0.05) is 23.7 Å². The number of amides is 1. The van der Waals surface area contributed by atoms with Gasteiger partial charge in [-0.2, -0.15) is 0 Å². The molecule has 0 spiro atoms. The zero-order valence-corrected chi connectivity index (χ0v) is 13.7. The summed E-state index contributed by atoms with van der Waals surface area (Å²) in [4.78, 5) is 22.9. The number of halogens is 2. The summed E-state index contributed by atoms with van der Waals surface area (Å²) in [5.41, 5.74) is 0.691. The van der Waals surface area contributed by atoms with Crippen molar-refractivity contribution in [2.45, 2.75) is 6.54 Å². The van der Waals surface area contributed by atoms with Gasteiger partial charge in [0.1, 0.15) is 10.7 Å². The second kappa shape index (κ2) is 6.54. The quantitative estimate of drug-likeness (QED) is 0.546. The summed E-state index contributed by atoms with van der Waals surface area (Å²) in [5.74, 6) is -0.729. The summed E-state index contributed by atoms with van der Waals surface area (Å²) in [6.07, 6.45) is 0. The van der Waals surface area contributed by atoms with Gasteiger partial charge in [-0.3, -0.25) is 14.9 Å². The van der Waals surface area contributed by atoms with E-state index in [1.165, 1.54) is 30.3 Å². The maximum Gasteiger partial charge on any atom is 0.270 e. The highest BCUT2D eigenvalue weighted by atomic mass is 35.5. The van der Waals surface area contributed by atoms with E-state index in [0.29, 0.717) is 10.1 Å². The van der Waals surface area contributed by atoms with Crippen molar-refractivity contribution < 1.29 is 14.1 Å². The number of benzene rings is 2. The van der Waals surface area contributed by atoms with E-state index < -0.39 is 4.92 Å². The van der Waals surface area contributed by atoms with E-state index in [-0.39, 0.29) is 33.9 Å². The van der Waals surface area contributed by atoms with Gasteiger partial charge in [0.15, 0.2) is 0 Å². The standard InChI is InChI=1S/C16H10ClFN2O3S/c17-14-12-6-5-11(20(22)23)7-13(12)24-15(14)16(21)19-8-9-1-3-10(18)4-2-9/h1-7H,8H2,(H,19,21). The van der Waals surface area contributed by atoms with E-state index in [1.54, 1.807) is 12.1 Å². The van der Waals surface area contributed by atoms with Crippen molar-refractivity contribution in [3.8, 4) is 0 Å². The molecule has 3 rings (SSSR count). The minimum absolute atomic E-state index is 0.0568. The number of nitro groups is 1. The van der Waals surface area contributed by atoms with Crippen LogP contribution in [0.3, 0.4) is 0 Å². The molecule has 0 saturated heterocycles. The molecule has 0 aliphatic rings. The number of non-ortho nitro benzene ring substituents is 1. The summed E-state index contributed by atoms with van der Waals surface area (Å²) in [6.45, 7) is 0.226. The van der Waals surface area contributed by atoms with Crippen LogP contribution in [0.4, 0.5) is 10.1 Å². The van der Waals surface area contributed by atoms with E-state index in [9.17, 15) is 19.3 Å². The van der Waals surface area contributed by atoms with Crippen molar-refractivity contribution >= 4 is 44.6 Å². The van der Waals surface area contributed by atoms with Crippen LogP contribution in [-0.2, 0) is 6.54 Å². The number of carbonyl (C=O) groups excluding carboxylic acids is 1. The Hall–Kier alpha value is -2.51. The van der Waals surface area contributed by atoms with E-state index in [2.05, 4.69) is 5.32 Å². The van der Waals surface area contributed by atoms with Crippen molar-refractivity contribution in [1.29, 1.82) is 0 Å². The monoisotopic (exact) mass is 364 g/mol. The third kappa shape index (κ3) is 3.22. The second-order valence-corrected chi connectivity index (χ2v) is 6.42. The predicted molar refractivity (Wildman–Crippen MR) is 91.1 cm³/mol. The molecule has 0 fully saturated rings. The first-order valence-electron chi connectivity index (χ1n) is 6.85. The third-order valence-electron chi connectivity index (χ3n) is 3.40. The van der Waals surface area contributed by atoms with Crippen molar-refractivity contribution in [2.75, 3.05) is 0 Å². The Bertz CT molecular complexity index is 940. The third-order valence-corrected chi connectivity index (χ3v) is 5.05. The number of nitrogens with zero attached hydrogens (tertiary/aromatic N) is 1. The van der Waals surface area contributed by atoms with Crippen LogP contribution in [0.1, 0.15) is 15.2 Å². The largest absolute Gasteiger partial charge is 0.347 e. The second-order valence-electron chi connectivity index (χ2n) is 4.99. The zero-order chi connectivity index (χ0) is 17.3. The highest BCUT2D eigenvalue weighted by Crippen LogP contribution is 2.37. The summed E-state index contributed by atoms with van der Waals surface area (Å²) < 4.78 is 13.4. The van der Waals surface area contributed by atoms with Gasteiger partial charge in [0.05, 0.1) is 9.95 Å². The first kappa shape index (κ1) is 16.4. The number of thiophene rings is 1. The van der Waals surface area contributed by atoms with Gasteiger partial charge in [-0.05, 0) is 23.8 Å². The minimum Gasteiger partial charge on any atom is -0.347 e. The molecule has 5 nitrogen and oxygen atoms in total. The summed E-state index contributed by atoms with van der Waals surface area (Å²) in [6, 6.07) is 10.0. The Labute approximate surface area is 144 Å². The van der Waals surface area contributed by atoms with Crippen LogP contribution in [0.2, 0.25) is 5.02 Å². The Morgan fingerprint density at radius 2 is 1.96 bits per heavy atom. The van der Waals surface area contributed by atoms with Gasteiger partial charge in [0.25, 0.3) is 11.6 Å². The summed E-state index contributed by atoms with van der Waals surface area (Å²) >= 11 is 7.31. The van der Waals surface area contributed by atoms with E-state index in [0.717, 1.165) is 16.9 Å². The number of hydrogen-bond donors (Lipinski definition) is 1. The van der Waals surface area contributed by atoms with Crippen LogP contribution in [0, 0.1) is 15.9 Å². The fraction of sp³-hybridized carbons (Fsp3) is 0.0625. The summed E-state index contributed by atoms with van der Waals surface area (Å²) in [5, 5.41) is 14.4. The predicted octanol–water partition coefficient (Wildman–Crippen LogP) is 4.53. The molecule has 0 aliphatic heterocycles. The fourth-order valence-electron chi connectivity index (χ4n) is 2.18. The van der Waals surface area contributed by atoms with Gasteiger partial charge in [0, 0.05) is 28.8 Å². The van der Waals surface area contributed by atoms with E-state index >= 15 is 0 Å². The molecule has 0 bridgehead atoms. The Morgan fingerprint density at radius 3 is 2.62 bits per heavy atom. The average Bonchev–Trinajstić information content (AvgIpc) is 2.90. The molecule has 0 radical (unpaired) electrons. The first-order chi connectivity index (χ1) is 11.5. The molecule has 1 aromatic heterocycles. The van der Waals surface area contributed by atoms with Crippen LogP contribution in [0.5, 0.6) is 0 Å². The zero-order valence-electron chi connectivity index (χ0n) is 12.1. The lowest BCUT2D eigenvalue weighted by Crippen LogP contribution is -2.22. The Balaban J connectivity index is 1.82. The molecule has 122 valence electrons. The molecule has 24 heavy (non-hydrogen) atoms. The van der Waals surface area contributed by atoms with Gasteiger partial charge in [-0.15, -0.1) is 11.3 Å².